The third-order valence-electron chi connectivity index (χ3n) is 4.91. The van der Waals surface area contributed by atoms with Crippen LogP contribution < -0.4 is 0 Å². The Kier molecular flexibility index (Phi) is 4.09. The van der Waals surface area contributed by atoms with Crippen LogP contribution in [0.1, 0.15) is 65.2 Å². The lowest BCUT2D eigenvalue weighted by atomic mass is 9.78. The molecule has 1 unspecified atom stereocenters. The zero-order chi connectivity index (χ0) is 12.3. The van der Waals surface area contributed by atoms with Crippen molar-refractivity contribution < 1.29 is 0 Å². The molecule has 2 nitrogen and oxygen atoms in total. The fourth-order valence-corrected chi connectivity index (χ4v) is 3.75. The summed E-state index contributed by atoms with van der Waals surface area (Å²) in [7, 11) is 0. The lowest BCUT2D eigenvalue weighted by molar-refractivity contribution is 0.00144. The van der Waals surface area contributed by atoms with Crippen LogP contribution in [-0.4, -0.2) is 23.0 Å². The van der Waals surface area contributed by atoms with E-state index in [9.17, 15) is 5.26 Å². The maximum absolute atomic E-state index is 9.32. The van der Waals surface area contributed by atoms with Crippen molar-refractivity contribution >= 4 is 0 Å². The van der Waals surface area contributed by atoms with Crippen molar-refractivity contribution in [3.63, 3.8) is 0 Å². The molecule has 1 aliphatic heterocycles. The van der Waals surface area contributed by atoms with Gasteiger partial charge in [0.15, 0.2) is 0 Å². The second-order valence-electron chi connectivity index (χ2n) is 6.32. The zero-order valence-electron chi connectivity index (χ0n) is 11.4. The number of hydrogen-bond donors (Lipinski definition) is 0. The Morgan fingerprint density at radius 1 is 1.00 bits per heavy atom. The molecular formula is C15H26N2. The van der Waals surface area contributed by atoms with E-state index < -0.39 is 0 Å². The van der Waals surface area contributed by atoms with Crippen LogP contribution in [0.3, 0.4) is 0 Å². The van der Waals surface area contributed by atoms with Crippen molar-refractivity contribution in [3.05, 3.63) is 0 Å². The van der Waals surface area contributed by atoms with E-state index in [1.165, 1.54) is 51.5 Å². The van der Waals surface area contributed by atoms with Crippen LogP contribution in [0, 0.1) is 17.2 Å². The van der Waals surface area contributed by atoms with Crippen molar-refractivity contribution in [1.29, 1.82) is 5.26 Å². The Bertz CT molecular complexity index is 282. The summed E-state index contributed by atoms with van der Waals surface area (Å²) in [5.41, 5.74) is 0.0853. The average molecular weight is 234 g/mol. The predicted octanol–water partition coefficient (Wildman–Crippen LogP) is 3.72. The molecule has 2 heteroatoms. The fourth-order valence-electron chi connectivity index (χ4n) is 3.75. The van der Waals surface area contributed by atoms with Gasteiger partial charge in [0.2, 0.25) is 0 Å². The summed E-state index contributed by atoms with van der Waals surface area (Å²) in [6.45, 7) is 5.77. The van der Waals surface area contributed by atoms with E-state index in [2.05, 4.69) is 24.8 Å². The van der Waals surface area contributed by atoms with Gasteiger partial charge in [-0.3, -0.25) is 4.90 Å². The van der Waals surface area contributed by atoms with Gasteiger partial charge in [0, 0.05) is 11.6 Å². The lowest BCUT2D eigenvalue weighted by Crippen LogP contribution is -2.56. The second-order valence-corrected chi connectivity index (χ2v) is 6.32. The SMILES string of the molecule is CC1(C)C(C#N)CCCN1C1CCCCCC1. The molecule has 2 fully saturated rings. The zero-order valence-corrected chi connectivity index (χ0v) is 11.4. The van der Waals surface area contributed by atoms with Gasteiger partial charge < -0.3 is 0 Å². The highest BCUT2D eigenvalue weighted by Gasteiger charge is 2.41. The summed E-state index contributed by atoms with van der Waals surface area (Å²) in [6.07, 6.45) is 10.6. The number of piperidine rings is 1. The number of rotatable bonds is 1. The molecule has 0 radical (unpaired) electrons. The van der Waals surface area contributed by atoms with E-state index in [0.717, 1.165) is 12.5 Å². The molecule has 1 heterocycles. The van der Waals surface area contributed by atoms with Crippen LogP contribution in [0.25, 0.3) is 0 Å². The number of nitrogens with zero attached hydrogens (tertiary/aromatic N) is 2. The standard InChI is InChI=1S/C15H26N2/c1-15(2)13(12-16)8-7-11-17(15)14-9-5-3-4-6-10-14/h13-14H,3-11H2,1-2H3. The van der Waals surface area contributed by atoms with Gasteiger partial charge in [0.25, 0.3) is 0 Å². The molecule has 96 valence electrons. The van der Waals surface area contributed by atoms with Gasteiger partial charge in [0.1, 0.15) is 0 Å². The van der Waals surface area contributed by atoms with Crippen LogP contribution in [0.5, 0.6) is 0 Å². The molecule has 0 amide bonds. The molecule has 2 aliphatic rings. The first-order chi connectivity index (χ1) is 8.16. The van der Waals surface area contributed by atoms with E-state index in [4.69, 9.17) is 0 Å². The van der Waals surface area contributed by atoms with E-state index in [-0.39, 0.29) is 11.5 Å². The van der Waals surface area contributed by atoms with Gasteiger partial charge in [-0.2, -0.15) is 5.26 Å². The molecule has 2 rings (SSSR count). The maximum Gasteiger partial charge on any atom is 0.0675 e. The Hall–Kier alpha value is -0.550. The largest absolute Gasteiger partial charge is 0.294 e. The molecule has 1 aliphatic carbocycles. The number of nitriles is 1. The van der Waals surface area contributed by atoms with Crippen LogP contribution >= 0.6 is 0 Å². The molecule has 1 atom stereocenters. The summed E-state index contributed by atoms with van der Waals surface area (Å²) in [5, 5.41) is 9.32. The van der Waals surface area contributed by atoms with E-state index >= 15 is 0 Å². The van der Waals surface area contributed by atoms with Crippen molar-refractivity contribution in [2.24, 2.45) is 5.92 Å². The minimum Gasteiger partial charge on any atom is -0.294 e. The Morgan fingerprint density at radius 2 is 1.65 bits per heavy atom. The molecule has 1 saturated heterocycles. The smallest absolute Gasteiger partial charge is 0.0675 e. The Balaban J connectivity index is 2.10. The van der Waals surface area contributed by atoms with Gasteiger partial charge in [-0.1, -0.05) is 25.7 Å². The van der Waals surface area contributed by atoms with E-state index in [1.54, 1.807) is 0 Å². The fraction of sp³-hybridized carbons (Fsp3) is 0.933. The minimum absolute atomic E-state index is 0.0853. The second kappa shape index (κ2) is 5.40. The summed E-state index contributed by atoms with van der Waals surface area (Å²) < 4.78 is 0. The topological polar surface area (TPSA) is 27.0 Å². The highest BCUT2D eigenvalue weighted by atomic mass is 15.2. The molecule has 1 saturated carbocycles. The third kappa shape index (κ3) is 2.65. The monoisotopic (exact) mass is 234 g/mol. The van der Waals surface area contributed by atoms with Gasteiger partial charge in [-0.05, 0) is 46.1 Å². The van der Waals surface area contributed by atoms with Crippen LogP contribution in [0.15, 0.2) is 0 Å². The van der Waals surface area contributed by atoms with Gasteiger partial charge in [-0.25, -0.2) is 0 Å². The Labute approximate surface area is 106 Å². The highest BCUT2D eigenvalue weighted by molar-refractivity contribution is 5.04. The van der Waals surface area contributed by atoms with E-state index in [1.807, 2.05) is 0 Å². The third-order valence-corrected chi connectivity index (χ3v) is 4.91. The summed E-state index contributed by atoms with van der Waals surface area (Å²) in [4.78, 5) is 2.66. The first-order valence-corrected chi connectivity index (χ1v) is 7.32. The molecule has 0 spiro atoms. The number of likely N-dealkylation sites (tertiary alicyclic amines) is 1. The molecule has 0 aromatic heterocycles. The van der Waals surface area contributed by atoms with Gasteiger partial charge >= 0.3 is 0 Å². The van der Waals surface area contributed by atoms with Gasteiger partial charge in [0.05, 0.1) is 12.0 Å². The van der Waals surface area contributed by atoms with Crippen LogP contribution in [0.2, 0.25) is 0 Å². The quantitative estimate of drug-likeness (QED) is 0.646. The molecule has 0 bridgehead atoms. The van der Waals surface area contributed by atoms with Crippen molar-refractivity contribution in [2.75, 3.05) is 6.54 Å². The predicted molar refractivity (Wildman–Crippen MR) is 70.6 cm³/mol. The first-order valence-electron chi connectivity index (χ1n) is 7.32. The summed E-state index contributed by atoms with van der Waals surface area (Å²) in [6, 6.07) is 3.28. The molecule has 0 aromatic carbocycles. The minimum atomic E-state index is 0.0853. The number of hydrogen-bond acceptors (Lipinski definition) is 2. The van der Waals surface area contributed by atoms with Crippen molar-refractivity contribution in [2.45, 2.75) is 76.8 Å². The summed E-state index contributed by atoms with van der Waals surface area (Å²) in [5.74, 6) is 0.222. The lowest BCUT2D eigenvalue weighted by Gasteiger charge is -2.49. The normalized spacial score (nSPS) is 31.7. The van der Waals surface area contributed by atoms with Gasteiger partial charge in [-0.15, -0.1) is 0 Å². The first kappa shape index (κ1) is 12.9. The molecule has 17 heavy (non-hydrogen) atoms. The van der Waals surface area contributed by atoms with Crippen LogP contribution in [-0.2, 0) is 0 Å². The molecule has 0 N–H and O–H groups in total. The van der Waals surface area contributed by atoms with Crippen molar-refractivity contribution in [3.8, 4) is 6.07 Å². The Morgan fingerprint density at radius 3 is 2.24 bits per heavy atom. The summed E-state index contributed by atoms with van der Waals surface area (Å²) >= 11 is 0. The molecule has 0 aromatic rings. The van der Waals surface area contributed by atoms with Crippen molar-refractivity contribution in [1.82, 2.24) is 4.90 Å². The highest BCUT2D eigenvalue weighted by Crippen LogP contribution is 2.37. The van der Waals surface area contributed by atoms with Crippen LogP contribution in [0.4, 0.5) is 0 Å². The maximum atomic E-state index is 9.32. The van der Waals surface area contributed by atoms with E-state index in [0.29, 0.717) is 0 Å². The average Bonchev–Trinajstić information content (AvgIpc) is 2.57. The molecular weight excluding hydrogens is 208 g/mol.